The Morgan fingerprint density at radius 1 is 0.696 bits per heavy atom. The average molecular weight is 792 g/mol. The van der Waals surface area contributed by atoms with Crippen LogP contribution in [0.15, 0.2) is 12.5 Å². The van der Waals surface area contributed by atoms with Crippen LogP contribution in [0.2, 0.25) is 0 Å². The smallest absolute Gasteiger partial charge is 0.243 e. The van der Waals surface area contributed by atoms with Crippen LogP contribution in [0.1, 0.15) is 60.1 Å². The molecule has 1 aromatic rings. The fraction of sp³-hybridized carbons (Fsp3) is 0.606. The van der Waals surface area contributed by atoms with Gasteiger partial charge >= 0.3 is 0 Å². The van der Waals surface area contributed by atoms with Crippen molar-refractivity contribution in [1.29, 1.82) is 0 Å². The zero-order valence-electron chi connectivity index (χ0n) is 32.1. The van der Waals surface area contributed by atoms with Crippen molar-refractivity contribution >= 4 is 59.1 Å². The topological polar surface area (TPSA) is 351 Å². The summed E-state index contributed by atoms with van der Waals surface area (Å²) in [6.45, 7) is 7.41. The van der Waals surface area contributed by atoms with Gasteiger partial charge in [-0.1, -0.05) is 0 Å². The van der Waals surface area contributed by atoms with E-state index in [4.69, 9.17) is 11.5 Å². The van der Waals surface area contributed by atoms with Gasteiger partial charge in [-0.2, -0.15) is 0 Å². The highest BCUT2D eigenvalue weighted by molar-refractivity contribution is 5.97. The lowest BCUT2D eigenvalue weighted by Gasteiger charge is -2.27. The highest BCUT2D eigenvalue weighted by Gasteiger charge is 2.37. The van der Waals surface area contributed by atoms with Crippen LogP contribution in [0.4, 0.5) is 0 Å². The number of primary amides is 1. The van der Waals surface area contributed by atoms with Crippen LogP contribution in [-0.4, -0.2) is 142 Å². The molecule has 1 saturated heterocycles. The number of imidazole rings is 1. The molecule has 1 aliphatic heterocycles. The number of hydrogen-bond acceptors (Lipinski definition) is 12. The minimum Gasteiger partial charge on any atom is -0.368 e. The molecule has 0 aliphatic carbocycles. The second-order valence-corrected chi connectivity index (χ2v) is 13.4. The van der Waals surface area contributed by atoms with Crippen molar-refractivity contribution in [3.05, 3.63) is 18.2 Å². The number of aromatic nitrogens is 2. The Morgan fingerprint density at radius 2 is 1.14 bits per heavy atom. The Morgan fingerprint density at radius 3 is 1.61 bits per heavy atom. The summed E-state index contributed by atoms with van der Waals surface area (Å²) in [5, 5.41) is 19.0. The summed E-state index contributed by atoms with van der Waals surface area (Å²) in [5.74, 6) is -6.85. The minimum absolute atomic E-state index is 0.206. The van der Waals surface area contributed by atoms with Crippen LogP contribution in [0.25, 0.3) is 0 Å². The predicted molar refractivity (Wildman–Crippen MR) is 196 cm³/mol. The van der Waals surface area contributed by atoms with E-state index in [0.717, 1.165) is 0 Å². The van der Waals surface area contributed by atoms with Gasteiger partial charge in [-0.25, -0.2) is 4.98 Å². The van der Waals surface area contributed by atoms with Gasteiger partial charge in [0.15, 0.2) is 0 Å². The van der Waals surface area contributed by atoms with E-state index in [0.29, 0.717) is 25.1 Å². The first-order chi connectivity index (χ1) is 26.2. The van der Waals surface area contributed by atoms with Crippen LogP contribution >= 0.6 is 0 Å². The monoisotopic (exact) mass is 791 g/mol. The van der Waals surface area contributed by atoms with Gasteiger partial charge in [-0.3, -0.25) is 47.9 Å². The molecule has 2 rings (SSSR count). The number of aromatic amines is 1. The van der Waals surface area contributed by atoms with Crippen LogP contribution in [0.3, 0.4) is 0 Å². The highest BCUT2D eigenvalue weighted by Crippen LogP contribution is 2.19. The SMILES string of the molecule is C[C@H](NC(=O)CNC(=O)[C@H](C)NC(=O)[C@H](C)NC(=O)[C@H](C)NC(=O)[C@H](C)NC(=O)CNC(=O)[C@H](C)NC(=O)[C@@H]1CCCN1C(=O)[C@@H](N)Cc1cnc[nH]1)C(N)=O. The van der Waals surface area contributed by atoms with Crippen molar-refractivity contribution in [1.82, 2.24) is 57.4 Å². The summed E-state index contributed by atoms with van der Waals surface area (Å²) in [7, 11) is 0. The number of carbonyl (C=O) groups excluding carboxylic acids is 10. The third-order valence-corrected chi connectivity index (χ3v) is 8.58. The van der Waals surface area contributed by atoms with Crippen molar-refractivity contribution in [2.45, 2.75) is 109 Å². The van der Waals surface area contributed by atoms with Crippen molar-refractivity contribution in [2.75, 3.05) is 19.6 Å². The summed E-state index contributed by atoms with van der Waals surface area (Å²) < 4.78 is 0. The standard InChI is InChI=1S/C33H53N13O10/c1-15(26(35)49)40-24(47)12-37-27(50)16(2)42-30(53)19(5)44-31(54)20(6)43-29(52)18(4)41-25(48)13-38-28(51)17(3)45-32(55)23-8-7-9-46(23)33(56)22(34)10-21-11-36-14-39-21/h11,14-20,22-23H,7-10,12-13,34H2,1-6H3,(H2,35,49)(H,36,39)(H,37,50)(H,38,51)(H,40,47)(H,41,48)(H,42,53)(H,43,52)(H,44,54)(H,45,55)/t15-,16-,17-,18-,19-,20-,22-,23-/m0/s1. The normalized spacial score (nSPS) is 17.3. The highest BCUT2D eigenvalue weighted by atomic mass is 16.2. The molecule has 56 heavy (non-hydrogen) atoms. The lowest BCUT2D eigenvalue weighted by atomic mass is 10.1. The second kappa shape index (κ2) is 21.7. The van der Waals surface area contributed by atoms with E-state index in [1.54, 1.807) is 6.20 Å². The van der Waals surface area contributed by atoms with Gasteiger partial charge in [-0.15, -0.1) is 0 Å². The van der Waals surface area contributed by atoms with E-state index in [-0.39, 0.29) is 6.42 Å². The molecule has 0 unspecified atom stereocenters. The maximum atomic E-state index is 13.0. The van der Waals surface area contributed by atoms with Crippen molar-refractivity contribution < 1.29 is 47.9 Å². The van der Waals surface area contributed by atoms with Crippen molar-refractivity contribution in [3.63, 3.8) is 0 Å². The van der Waals surface area contributed by atoms with E-state index in [1.165, 1.54) is 52.8 Å². The molecule has 0 spiro atoms. The fourth-order valence-electron chi connectivity index (χ4n) is 5.19. The maximum Gasteiger partial charge on any atom is 0.243 e. The molecule has 13 N–H and O–H groups in total. The van der Waals surface area contributed by atoms with E-state index in [9.17, 15) is 47.9 Å². The molecule has 0 bridgehead atoms. The van der Waals surface area contributed by atoms with Crippen LogP contribution in [0, 0.1) is 0 Å². The lowest BCUT2D eigenvalue weighted by Crippen LogP contribution is -2.57. The molecule has 0 saturated carbocycles. The molecule has 0 aromatic carbocycles. The molecular formula is C33H53N13O10. The van der Waals surface area contributed by atoms with Gasteiger partial charge in [0.1, 0.15) is 42.3 Å². The molecule has 23 heteroatoms. The molecule has 1 aromatic heterocycles. The molecule has 8 atom stereocenters. The van der Waals surface area contributed by atoms with E-state index in [1.807, 2.05) is 0 Å². The Kier molecular flexibility index (Phi) is 17.8. The number of H-pyrrole nitrogens is 1. The summed E-state index contributed by atoms with van der Waals surface area (Å²) in [4.78, 5) is 132. The van der Waals surface area contributed by atoms with Crippen LogP contribution < -0.4 is 54.0 Å². The molecular weight excluding hydrogens is 738 g/mol. The molecule has 1 fully saturated rings. The number of nitrogens with one attached hydrogen (secondary N) is 9. The molecule has 310 valence electrons. The van der Waals surface area contributed by atoms with E-state index < -0.39 is 120 Å². The second-order valence-electron chi connectivity index (χ2n) is 13.4. The first-order valence-corrected chi connectivity index (χ1v) is 17.9. The van der Waals surface area contributed by atoms with Crippen LogP contribution in [0.5, 0.6) is 0 Å². The number of nitrogens with two attached hydrogens (primary N) is 2. The largest absolute Gasteiger partial charge is 0.368 e. The lowest BCUT2D eigenvalue weighted by molar-refractivity contribution is -0.140. The van der Waals surface area contributed by atoms with Gasteiger partial charge in [-0.05, 0) is 54.4 Å². The molecule has 10 amide bonds. The van der Waals surface area contributed by atoms with Gasteiger partial charge < -0.3 is 63.9 Å². The molecule has 2 heterocycles. The Bertz CT molecular complexity index is 1620. The summed E-state index contributed by atoms with van der Waals surface area (Å²) in [6.07, 6.45) is 4.17. The van der Waals surface area contributed by atoms with Gasteiger partial charge in [0.05, 0.1) is 25.5 Å². The number of carbonyl (C=O) groups is 10. The maximum absolute atomic E-state index is 13.0. The van der Waals surface area contributed by atoms with E-state index in [2.05, 4.69) is 52.5 Å². The zero-order valence-corrected chi connectivity index (χ0v) is 32.1. The zero-order chi connectivity index (χ0) is 42.3. The minimum atomic E-state index is -1.17. The molecule has 1 aliphatic rings. The average Bonchev–Trinajstić information content (AvgIpc) is 3.85. The van der Waals surface area contributed by atoms with E-state index >= 15 is 0 Å². The summed E-state index contributed by atoms with van der Waals surface area (Å²) in [5.41, 5.74) is 11.8. The Hall–Kier alpha value is -6.13. The van der Waals surface area contributed by atoms with Crippen molar-refractivity contribution in [3.8, 4) is 0 Å². The van der Waals surface area contributed by atoms with Crippen LogP contribution in [-0.2, 0) is 54.4 Å². The molecule has 0 radical (unpaired) electrons. The van der Waals surface area contributed by atoms with Gasteiger partial charge in [0.25, 0.3) is 0 Å². The quantitative estimate of drug-likeness (QED) is 0.0588. The third kappa shape index (κ3) is 14.6. The number of hydrogen-bond donors (Lipinski definition) is 11. The van der Waals surface area contributed by atoms with Gasteiger partial charge in [0, 0.05) is 24.9 Å². The van der Waals surface area contributed by atoms with Gasteiger partial charge in [0.2, 0.25) is 59.1 Å². The number of likely N-dealkylation sites (tertiary alicyclic amines) is 1. The molecule has 23 nitrogen and oxygen atoms in total. The third-order valence-electron chi connectivity index (χ3n) is 8.58. The summed E-state index contributed by atoms with van der Waals surface area (Å²) >= 11 is 0. The Labute approximate surface area is 322 Å². The fourth-order valence-corrected chi connectivity index (χ4v) is 5.19. The first kappa shape index (κ1) is 46.0. The first-order valence-electron chi connectivity index (χ1n) is 17.9. The number of amides is 10. The summed E-state index contributed by atoms with van der Waals surface area (Å²) in [6, 6.07) is -8.33. The number of rotatable bonds is 20. The predicted octanol–water partition coefficient (Wildman–Crippen LogP) is -5.98. The Balaban J connectivity index is 1.73. The number of nitrogens with zero attached hydrogens (tertiary/aromatic N) is 2. The van der Waals surface area contributed by atoms with Crippen molar-refractivity contribution in [2.24, 2.45) is 11.5 Å².